The maximum atomic E-state index is 12.8. The number of nitrogens with one attached hydrogen (secondary N) is 1. The third-order valence-corrected chi connectivity index (χ3v) is 3.63. The molecular formula is C18H14ClFN2O5. The number of ether oxygens (including phenoxy) is 1. The summed E-state index contributed by atoms with van der Waals surface area (Å²) in [4.78, 5) is 33.6. The fourth-order valence-corrected chi connectivity index (χ4v) is 2.26. The van der Waals surface area contributed by atoms with E-state index in [0.29, 0.717) is 5.56 Å². The van der Waals surface area contributed by atoms with Gasteiger partial charge in [0.25, 0.3) is 11.6 Å². The number of non-ortho nitro benzene ring substituents is 1. The fourth-order valence-electron chi connectivity index (χ4n) is 2.00. The van der Waals surface area contributed by atoms with Crippen LogP contribution < -0.4 is 5.32 Å². The Hall–Kier alpha value is -3.26. The number of carbonyl (C=O) groups is 2. The van der Waals surface area contributed by atoms with Crippen LogP contribution in [0.1, 0.15) is 15.9 Å². The maximum absolute atomic E-state index is 12.8. The second kappa shape index (κ2) is 9.44. The van der Waals surface area contributed by atoms with Crippen LogP contribution in [0.15, 0.2) is 48.5 Å². The van der Waals surface area contributed by atoms with Crippen molar-refractivity contribution in [3.63, 3.8) is 0 Å². The van der Waals surface area contributed by atoms with E-state index in [0.717, 1.165) is 6.07 Å². The predicted molar refractivity (Wildman–Crippen MR) is 96.8 cm³/mol. The molecule has 2 aromatic carbocycles. The molecule has 7 nitrogen and oxygen atoms in total. The Morgan fingerprint density at radius 2 is 1.93 bits per heavy atom. The topological polar surface area (TPSA) is 98.5 Å². The molecule has 0 aliphatic rings. The van der Waals surface area contributed by atoms with Gasteiger partial charge in [-0.05, 0) is 29.8 Å². The highest BCUT2D eigenvalue weighted by Gasteiger charge is 2.14. The third kappa shape index (κ3) is 6.19. The van der Waals surface area contributed by atoms with Gasteiger partial charge in [0.05, 0.1) is 22.1 Å². The highest BCUT2D eigenvalue weighted by molar-refractivity contribution is 6.34. The van der Waals surface area contributed by atoms with Gasteiger partial charge in [-0.1, -0.05) is 23.7 Å². The lowest BCUT2D eigenvalue weighted by atomic mass is 10.2. The van der Waals surface area contributed by atoms with Crippen molar-refractivity contribution >= 4 is 35.2 Å². The molecule has 1 amide bonds. The molecule has 0 aromatic heterocycles. The van der Waals surface area contributed by atoms with Crippen molar-refractivity contribution in [2.75, 3.05) is 13.2 Å². The number of esters is 1. The first-order chi connectivity index (χ1) is 12.9. The minimum Gasteiger partial charge on any atom is -0.461 e. The van der Waals surface area contributed by atoms with Gasteiger partial charge in [-0.3, -0.25) is 14.9 Å². The van der Waals surface area contributed by atoms with Crippen LogP contribution in [0.3, 0.4) is 0 Å². The van der Waals surface area contributed by atoms with E-state index in [1.165, 1.54) is 48.6 Å². The highest BCUT2D eigenvalue weighted by Crippen LogP contribution is 2.22. The molecular weight excluding hydrogens is 379 g/mol. The summed E-state index contributed by atoms with van der Waals surface area (Å²) in [6.07, 6.45) is 2.65. The Morgan fingerprint density at radius 3 is 2.56 bits per heavy atom. The van der Waals surface area contributed by atoms with Gasteiger partial charge in [0.1, 0.15) is 12.4 Å². The van der Waals surface area contributed by atoms with Crippen molar-refractivity contribution in [3.8, 4) is 0 Å². The third-order valence-electron chi connectivity index (χ3n) is 3.32. The second-order valence-corrected chi connectivity index (χ2v) is 5.64. The van der Waals surface area contributed by atoms with E-state index in [1.54, 1.807) is 0 Å². The molecule has 0 fully saturated rings. The molecule has 0 unspecified atom stereocenters. The first-order valence-electron chi connectivity index (χ1n) is 7.69. The molecule has 0 spiro atoms. The standard InChI is InChI=1S/C18H14ClFN2O5/c19-16-11-14(22(25)26)6-7-15(16)18(24)21-9-10-27-17(23)8-3-12-1-4-13(20)5-2-12/h1-8,11H,9-10H2,(H,21,24)/b8-3+. The molecule has 2 rings (SSSR count). The van der Waals surface area contributed by atoms with Crippen molar-refractivity contribution < 1.29 is 23.6 Å². The van der Waals surface area contributed by atoms with Gasteiger partial charge < -0.3 is 10.1 Å². The summed E-state index contributed by atoms with van der Waals surface area (Å²) in [7, 11) is 0. The van der Waals surface area contributed by atoms with Gasteiger partial charge >= 0.3 is 5.97 Å². The number of amides is 1. The Kier molecular flexibility index (Phi) is 7.01. The van der Waals surface area contributed by atoms with Crippen LogP contribution in [0.4, 0.5) is 10.1 Å². The van der Waals surface area contributed by atoms with Crippen LogP contribution in [0.5, 0.6) is 0 Å². The second-order valence-electron chi connectivity index (χ2n) is 5.23. The summed E-state index contributed by atoms with van der Waals surface area (Å²) in [6.45, 7) is -0.0504. The molecule has 0 atom stereocenters. The summed E-state index contributed by atoms with van der Waals surface area (Å²) in [6, 6.07) is 9.04. The van der Waals surface area contributed by atoms with Gasteiger partial charge in [0.15, 0.2) is 0 Å². The Labute approximate surface area is 158 Å². The van der Waals surface area contributed by atoms with E-state index < -0.39 is 16.8 Å². The highest BCUT2D eigenvalue weighted by atomic mass is 35.5. The smallest absolute Gasteiger partial charge is 0.330 e. The molecule has 0 saturated carbocycles. The lowest BCUT2D eigenvalue weighted by Gasteiger charge is -2.07. The van der Waals surface area contributed by atoms with Gasteiger partial charge in [0.2, 0.25) is 0 Å². The lowest BCUT2D eigenvalue weighted by Crippen LogP contribution is -2.28. The summed E-state index contributed by atoms with van der Waals surface area (Å²) >= 11 is 5.86. The zero-order valence-corrected chi connectivity index (χ0v) is 14.6. The Balaban J connectivity index is 1.77. The minimum absolute atomic E-state index is 0.0300. The molecule has 27 heavy (non-hydrogen) atoms. The molecule has 9 heteroatoms. The number of hydrogen-bond acceptors (Lipinski definition) is 5. The summed E-state index contributed by atoms with van der Waals surface area (Å²) < 4.78 is 17.7. The van der Waals surface area contributed by atoms with Crippen molar-refractivity contribution in [2.24, 2.45) is 0 Å². The molecule has 2 aromatic rings. The lowest BCUT2D eigenvalue weighted by molar-refractivity contribution is -0.384. The molecule has 0 saturated heterocycles. The largest absolute Gasteiger partial charge is 0.461 e. The number of benzene rings is 2. The van der Waals surface area contributed by atoms with Crippen LogP contribution >= 0.6 is 11.6 Å². The zero-order valence-electron chi connectivity index (χ0n) is 13.9. The fraction of sp³-hybridized carbons (Fsp3) is 0.111. The number of nitro benzene ring substituents is 1. The number of hydrogen-bond donors (Lipinski definition) is 1. The normalized spacial score (nSPS) is 10.6. The first kappa shape index (κ1) is 20.1. The van der Waals surface area contributed by atoms with Crippen molar-refractivity contribution in [1.29, 1.82) is 0 Å². The number of rotatable bonds is 7. The van der Waals surface area contributed by atoms with Crippen molar-refractivity contribution in [3.05, 3.63) is 80.6 Å². The number of nitrogens with zero attached hydrogens (tertiary/aromatic N) is 1. The van der Waals surface area contributed by atoms with Crippen LogP contribution in [0.25, 0.3) is 6.08 Å². The minimum atomic E-state index is -0.623. The Bertz CT molecular complexity index is 884. The SMILES string of the molecule is O=C(/C=C/c1ccc(F)cc1)OCCNC(=O)c1ccc([N+](=O)[O-])cc1Cl. The predicted octanol–water partition coefficient (Wildman–Crippen LogP) is 3.37. The quantitative estimate of drug-likeness (QED) is 0.256. The van der Waals surface area contributed by atoms with Gasteiger partial charge in [0, 0.05) is 18.2 Å². The molecule has 140 valence electrons. The van der Waals surface area contributed by atoms with E-state index in [4.69, 9.17) is 16.3 Å². The molecule has 0 bridgehead atoms. The summed E-state index contributed by atoms with van der Waals surface area (Å²) in [5, 5.41) is 13.1. The Morgan fingerprint density at radius 1 is 1.22 bits per heavy atom. The van der Waals surface area contributed by atoms with Crippen molar-refractivity contribution in [2.45, 2.75) is 0 Å². The molecule has 0 aliphatic heterocycles. The molecule has 0 radical (unpaired) electrons. The summed E-state index contributed by atoms with van der Waals surface area (Å²) in [5.41, 5.74) is 0.484. The average Bonchev–Trinajstić information content (AvgIpc) is 2.64. The monoisotopic (exact) mass is 392 g/mol. The van der Waals surface area contributed by atoms with Gasteiger partial charge in [-0.15, -0.1) is 0 Å². The van der Waals surface area contributed by atoms with Crippen molar-refractivity contribution in [1.82, 2.24) is 5.32 Å². The van der Waals surface area contributed by atoms with Crippen LogP contribution in [-0.2, 0) is 9.53 Å². The van der Waals surface area contributed by atoms with E-state index in [9.17, 15) is 24.1 Å². The number of carbonyl (C=O) groups excluding carboxylic acids is 2. The van der Waals surface area contributed by atoms with E-state index in [-0.39, 0.29) is 35.2 Å². The molecule has 0 aliphatic carbocycles. The maximum Gasteiger partial charge on any atom is 0.330 e. The molecule has 0 heterocycles. The van der Waals surface area contributed by atoms with E-state index in [2.05, 4.69) is 5.32 Å². The van der Waals surface area contributed by atoms with Crippen LogP contribution in [0, 0.1) is 15.9 Å². The van der Waals surface area contributed by atoms with Gasteiger partial charge in [-0.25, -0.2) is 9.18 Å². The van der Waals surface area contributed by atoms with E-state index >= 15 is 0 Å². The van der Waals surface area contributed by atoms with Crippen LogP contribution in [0.2, 0.25) is 5.02 Å². The van der Waals surface area contributed by atoms with Gasteiger partial charge in [-0.2, -0.15) is 0 Å². The summed E-state index contributed by atoms with van der Waals surface area (Å²) in [5.74, 6) is -1.55. The van der Waals surface area contributed by atoms with Crippen LogP contribution in [-0.4, -0.2) is 30.0 Å². The molecule has 1 N–H and O–H groups in total. The number of halogens is 2. The first-order valence-corrected chi connectivity index (χ1v) is 8.07. The zero-order chi connectivity index (χ0) is 19.8. The van der Waals surface area contributed by atoms with E-state index in [1.807, 2.05) is 0 Å². The average molecular weight is 393 g/mol. The number of nitro groups is 1.